The van der Waals surface area contributed by atoms with Gasteiger partial charge in [0.05, 0.1) is 33.2 Å². The van der Waals surface area contributed by atoms with Crippen LogP contribution in [0.1, 0.15) is 35.4 Å². The van der Waals surface area contributed by atoms with E-state index in [2.05, 4.69) is 33.9 Å². The highest BCUT2D eigenvalue weighted by molar-refractivity contribution is 7.07. The Bertz CT molecular complexity index is 1270. The third kappa shape index (κ3) is 9.35. The highest BCUT2D eigenvalue weighted by Gasteiger charge is 2.40. The first kappa shape index (κ1) is 31.7. The maximum absolute atomic E-state index is 13.4. The predicted molar refractivity (Wildman–Crippen MR) is 147 cm³/mol. The van der Waals surface area contributed by atoms with E-state index in [-0.39, 0.29) is 17.8 Å². The van der Waals surface area contributed by atoms with Gasteiger partial charge in [-0.1, -0.05) is 24.3 Å². The van der Waals surface area contributed by atoms with Gasteiger partial charge in [-0.25, -0.2) is 9.18 Å². The van der Waals surface area contributed by atoms with Gasteiger partial charge in [-0.3, -0.25) is 14.5 Å². The van der Waals surface area contributed by atoms with E-state index >= 15 is 0 Å². The molecule has 1 saturated heterocycles. The number of methoxy groups -OCH3 is 1. The Morgan fingerprint density at radius 2 is 1.56 bits per heavy atom. The fraction of sp³-hybridized carbons (Fsp3) is 0.345. The van der Waals surface area contributed by atoms with Gasteiger partial charge in [0.25, 0.3) is 0 Å². The second-order valence-corrected chi connectivity index (χ2v) is 10.4. The van der Waals surface area contributed by atoms with Crippen molar-refractivity contribution < 1.29 is 48.7 Å². The summed E-state index contributed by atoms with van der Waals surface area (Å²) in [7, 11) is 1.68. The number of benzene rings is 2. The number of hydrogen-bond donors (Lipinski definition) is 4. The summed E-state index contributed by atoms with van der Waals surface area (Å²) in [5.41, 5.74) is 0.940. The van der Waals surface area contributed by atoms with Crippen LogP contribution in [0, 0.1) is 5.82 Å². The van der Waals surface area contributed by atoms with Crippen LogP contribution in [0.5, 0.6) is 5.75 Å². The minimum absolute atomic E-state index is 0.201. The molecule has 0 saturated carbocycles. The topological polar surface area (TPSA) is 154 Å². The Kier molecular flexibility index (Phi) is 11.4. The molecular weight excluding hydrogens is 557 g/mol. The molecule has 2 atom stereocenters. The van der Waals surface area contributed by atoms with E-state index in [9.17, 15) is 18.8 Å². The molecule has 4 N–H and O–H groups in total. The Morgan fingerprint density at radius 1 is 0.951 bits per heavy atom. The summed E-state index contributed by atoms with van der Waals surface area (Å²) in [6.07, 6.45) is -2.29. The molecule has 0 spiro atoms. The average molecular weight is 590 g/mol. The molecule has 0 aliphatic carbocycles. The van der Waals surface area contributed by atoms with Gasteiger partial charge in [0.1, 0.15) is 11.6 Å². The van der Waals surface area contributed by atoms with Gasteiger partial charge in [0.2, 0.25) is 0 Å². The van der Waals surface area contributed by atoms with E-state index in [1.54, 1.807) is 18.4 Å². The minimum atomic E-state index is -2.74. The van der Waals surface area contributed by atoms with Crippen molar-refractivity contribution in [2.75, 3.05) is 20.3 Å². The highest BCUT2D eigenvalue weighted by Crippen LogP contribution is 2.32. The summed E-state index contributed by atoms with van der Waals surface area (Å²) in [4.78, 5) is 33.0. The van der Waals surface area contributed by atoms with Crippen molar-refractivity contribution in [2.45, 2.75) is 43.5 Å². The zero-order valence-corrected chi connectivity index (χ0v) is 23.1. The van der Waals surface area contributed by atoms with Crippen molar-refractivity contribution in [1.29, 1.82) is 0 Å². The Morgan fingerprint density at radius 3 is 2.07 bits per heavy atom. The van der Waals surface area contributed by atoms with Crippen molar-refractivity contribution in [3.8, 4) is 5.75 Å². The van der Waals surface area contributed by atoms with Crippen molar-refractivity contribution in [2.24, 2.45) is 0 Å². The van der Waals surface area contributed by atoms with E-state index in [4.69, 9.17) is 29.9 Å². The predicted octanol–water partition coefficient (Wildman–Crippen LogP) is 3.83. The Balaban J connectivity index is 0.000000302. The Labute approximate surface area is 240 Å². The van der Waals surface area contributed by atoms with E-state index in [0.717, 1.165) is 24.4 Å². The molecule has 1 aromatic heterocycles. The van der Waals surface area contributed by atoms with Crippen LogP contribution in [-0.2, 0) is 32.2 Å². The van der Waals surface area contributed by atoms with E-state index in [0.29, 0.717) is 13.2 Å². The second kappa shape index (κ2) is 14.7. The van der Waals surface area contributed by atoms with E-state index < -0.39 is 36.4 Å². The number of aliphatic carboxylic acids is 3. The maximum atomic E-state index is 13.4. The molecule has 12 heteroatoms. The summed E-state index contributed by atoms with van der Waals surface area (Å²) < 4.78 is 24.5. The molecule has 0 amide bonds. The molecule has 3 aromatic rings. The number of ether oxygens (including phenoxy) is 2. The first-order valence-corrected chi connectivity index (χ1v) is 13.6. The molecule has 2 aromatic carbocycles. The number of aliphatic hydroxyl groups is 1. The van der Waals surface area contributed by atoms with Crippen LogP contribution in [0.25, 0.3) is 0 Å². The zero-order valence-electron chi connectivity index (χ0n) is 22.3. The highest BCUT2D eigenvalue weighted by atomic mass is 32.1. The number of carbonyl (C=O) groups is 3. The van der Waals surface area contributed by atoms with Crippen molar-refractivity contribution in [3.63, 3.8) is 0 Å². The molecule has 2 heterocycles. The molecule has 0 bridgehead atoms. The van der Waals surface area contributed by atoms with E-state index in [1.165, 1.54) is 23.3 Å². The summed E-state index contributed by atoms with van der Waals surface area (Å²) in [6, 6.07) is 17.5. The normalized spacial score (nSPS) is 16.6. The molecular formula is C29H32FNO9S. The van der Waals surface area contributed by atoms with Crippen LogP contribution in [0.15, 0.2) is 65.4 Å². The molecule has 10 nitrogen and oxygen atoms in total. The monoisotopic (exact) mass is 589 g/mol. The first-order valence-electron chi connectivity index (χ1n) is 12.6. The van der Waals surface area contributed by atoms with Gasteiger partial charge in [0, 0.05) is 25.0 Å². The van der Waals surface area contributed by atoms with Crippen molar-refractivity contribution in [1.82, 2.24) is 4.90 Å². The largest absolute Gasteiger partial charge is 0.497 e. The zero-order chi connectivity index (χ0) is 30.0. The van der Waals surface area contributed by atoms with Gasteiger partial charge in [-0.2, -0.15) is 11.3 Å². The molecule has 4 rings (SSSR count). The smallest absolute Gasteiger partial charge is 0.336 e. The lowest BCUT2D eigenvalue weighted by Gasteiger charge is -2.32. The molecule has 1 fully saturated rings. The van der Waals surface area contributed by atoms with Crippen LogP contribution in [-0.4, -0.2) is 75.2 Å². The van der Waals surface area contributed by atoms with Gasteiger partial charge >= 0.3 is 17.9 Å². The SMILES string of the molecule is COc1ccc(CN(Cc2ccsc2)[C@@H]2COC[C@H]2c2ccc(F)cc2)cc1.O=C(O)CC(O)(CC(=O)O)C(=O)O. The summed E-state index contributed by atoms with van der Waals surface area (Å²) in [5, 5.41) is 38.1. The molecule has 1 aliphatic rings. The quantitative estimate of drug-likeness (QED) is 0.245. The van der Waals surface area contributed by atoms with Crippen LogP contribution >= 0.6 is 11.3 Å². The number of nitrogens with zero attached hydrogens (tertiary/aromatic N) is 1. The average Bonchev–Trinajstić information content (AvgIpc) is 3.61. The number of thiophene rings is 1. The van der Waals surface area contributed by atoms with Crippen LogP contribution in [0.4, 0.5) is 4.39 Å². The van der Waals surface area contributed by atoms with Gasteiger partial charge in [-0.05, 0) is 57.8 Å². The van der Waals surface area contributed by atoms with Gasteiger partial charge in [-0.15, -0.1) is 0 Å². The summed E-state index contributed by atoms with van der Waals surface area (Å²) in [5.74, 6) is -4.12. The summed E-state index contributed by atoms with van der Waals surface area (Å²) in [6.45, 7) is 3.04. The van der Waals surface area contributed by atoms with Crippen molar-refractivity contribution in [3.05, 3.63) is 87.9 Å². The lowest BCUT2D eigenvalue weighted by molar-refractivity contribution is -0.170. The second-order valence-electron chi connectivity index (χ2n) is 9.63. The number of rotatable bonds is 12. The molecule has 0 radical (unpaired) electrons. The van der Waals surface area contributed by atoms with Crippen LogP contribution < -0.4 is 4.74 Å². The lowest BCUT2D eigenvalue weighted by atomic mass is 9.92. The molecule has 220 valence electrons. The lowest BCUT2D eigenvalue weighted by Crippen LogP contribution is -2.42. The van der Waals surface area contributed by atoms with Gasteiger partial charge < -0.3 is 29.9 Å². The van der Waals surface area contributed by atoms with Crippen molar-refractivity contribution >= 4 is 29.2 Å². The molecule has 41 heavy (non-hydrogen) atoms. The fourth-order valence-electron chi connectivity index (χ4n) is 4.52. The molecule has 0 unspecified atom stereocenters. The van der Waals surface area contributed by atoms with E-state index in [1.807, 2.05) is 24.3 Å². The fourth-order valence-corrected chi connectivity index (χ4v) is 5.18. The number of hydrogen-bond acceptors (Lipinski definition) is 8. The third-order valence-electron chi connectivity index (χ3n) is 6.61. The maximum Gasteiger partial charge on any atom is 0.336 e. The minimum Gasteiger partial charge on any atom is -0.497 e. The third-order valence-corrected chi connectivity index (χ3v) is 7.35. The molecule has 1 aliphatic heterocycles. The summed E-state index contributed by atoms with van der Waals surface area (Å²) >= 11 is 1.72. The number of carboxylic acid groups (broad SMARTS) is 3. The first-order chi connectivity index (χ1) is 19.5. The van der Waals surface area contributed by atoms with Crippen LogP contribution in [0.2, 0.25) is 0 Å². The van der Waals surface area contributed by atoms with Gasteiger partial charge in [0.15, 0.2) is 5.60 Å². The standard InChI is InChI=1S/C23H24FNO2S.C6H8O7/c1-26-21-8-2-17(3-9-21)12-25(13-18-10-11-28-16-18)23-15-27-14-22(23)19-4-6-20(24)7-5-19;7-3(8)1-6(13,5(11)12)2-4(9)10/h2-11,16,22-23H,12-15H2,1H3;13H,1-2H2,(H,7,8)(H,9,10)(H,11,12)/t22-,23+;/m0./s1. The Hall–Kier alpha value is -3.84. The number of halogens is 1. The van der Waals surface area contributed by atoms with Crippen LogP contribution in [0.3, 0.4) is 0 Å². The number of carboxylic acids is 3.